The van der Waals surface area contributed by atoms with Crippen LogP contribution in [0.5, 0.6) is 0 Å². The molecule has 0 radical (unpaired) electrons. The topological polar surface area (TPSA) is 50.8 Å². The molecule has 21 heavy (non-hydrogen) atoms. The molecule has 1 heterocycles. The standard InChI is InChI=1S/C16H32N2O3/c1-6-21-15(19)16(4,17-13(2)3)12-18-9-7-14(8-10-18)11-20-5/h13-14,17H,6-12H2,1-5H3. The first-order chi connectivity index (χ1) is 9.91. The van der Waals surface area contributed by atoms with Gasteiger partial charge in [-0.1, -0.05) is 0 Å². The Hall–Kier alpha value is -0.650. The number of hydrogen-bond acceptors (Lipinski definition) is 5. The average Bonchev–Trinajstić information content (AvgIpc) is 2.40. The fourth-order valence-corrected chi connectivity index (χ4v) is 3.09. The average molecular weight is 300 g/mol. The summed E-state index contributed by atoms with van der Waals surface area (Å²) in [5.41, 5.74) is -0.641. The Labute approximate surface area is 129 Å². The number of methoxy groups -OCH3 is 1. The van der Waals surface area contributed by atoms with Crippen molar-refractivity contribution in [2.75, 3.05) is 40.0 Å². The van der Waals surface area contributed by atoms with Crippen LogP contribution in [0.2, 0.25) is 0 Å². The lowest BCUT2D eigenvalue weighted by Gasteiger charge is -2.39. The van der Waals surface area contributed by atoms with Crippen LogP contribution in [0.15, 0.2) is 0 Å². The van der Waals surface area contributed by atoms with Crippen molar-refractivity contribution in [1.82, 2.24) is 10.2 Å². The van der Waals surface area contributed by atoms with E-state index in [9.17, 15) is 4.79 Å². The van der Waals surface area contributed by atoms with Gasteiger partial charge in [-0.3, -0.25) is 10.1 Å². The van der Waals surface area contributed by atoms with Crippen molar-refractivity contribution in [3.05, 3.63) is 0 Å². The third-order valence-corrected chi connectivity index (χ3v) is 3.98. The lowest BCUT2D eigenvalue weighted by molar-refractivity contribution is -0.152. The summed E-state index contributed by atoms with van der Waals surface area (Å²) in [4.78, 5) is 14.7. The molecule has 0 aromatic heterocycles. The Bertz CT molecular complexity index is 315. The Kier molecular flexibility index (Phi) is 7.63. The summed E-state index contributed by atoms with van der Waals surface area (Å²) in [6.45, 7) is 11.9. The van der Waals surface area contributed by atoms with Gasteiger partial charge in [0.25, 0.3) is 0 Å². The SMILES string of the molecule is CCOC(=O)C(C)(CN1CCC(COC)CC1)NC(C)C. The van der Waals surface area contributed by atoms with Crippen LogP contribution in [-0.4, -0.2) is 62.4 Å². The van der Waals surface area contributed by atoms with E-state index >= 15 is 0 Å². The van der Waals surface area contributed by atoms with Gasteiger partial charge in [0.15, 0.2) is 0 Å². The molecular formula is C16H32N2O3. The minimum Gasteiger partial charge on any atom is -0.465 e. The maximum absolute atomic E-state index is 12.3. The monoisotopic (exact) mass is 300 g/mol. The van der Waals surface area contributed by atoms with Crippen LogP contribution in [0.1, 0.15) is 40.5 Å². The van der Waals surface area contributed by atoms with Gasteiger partial charge in [-0.05, 0) is 59.5 Å². The highest BCUT2D eigenvalue weighted by atomic mass is 16.5. The number of rotatable bonds is 8. The lowest BCUT2D eigenvalue weighted by atomic mass is 9.94. The van der Waals surface area contributed by atoms with Crippen LogP contribution in [0.3, 0.4) is 0 Å². The molecule has 1 N–H and O–H groups in total. The van der Waals surface area contributed by atoms with E-state index in [2.05, 4.69) is 24.1 Å². The number of nitrogens with zero attached hydrogens (tertiary/aromatic N) is 1. The molecule has 1 fully saturated rings. The molecule has 0 aromatic carbocycles. The smallest absolute Gasteiger partial charge is 0.327 e. The molecule has 1 rings (SSSR count). The summed E-state index contributed by atoms with van der Waals surface area (Å²) in [6.07, 6.45) is 2.27. The summed E-state index contributed by atoms with van der Waals surface area (Å²) in [7, 11) is 1.76. The predicted molar refractivity (Wildman–Crippen MR) is 84.3 cm³/mol. The molecule has 0 spiro atoms. The van der Waals surface area contributed by atoms with Crippen LogP contribution >= 0.6 is 0 Å². The molecular weight excluding hydrogens is 268 g/mol. The van der Waals surface area contributed by atoms with Crippen molar-refractivity contribution in [3.8, 4) is 0 Å². The largest absolute Gasteiger partial charge is 0.465 e. The van der Waals surface area contributed by atoms with E-state index in [1.807, 2.05) is 13.8 Å². The van der Waals surface area contributed by atoms with Gasteiger partial charge in [0.2, 0.25) is 0 Å². The molecule has 1 aliphatic heterocycles. The van der Waals surface area contributed by atoms with E-state index in [1.165, 1.54) is 0 Å². The number of esters is 1. The maximum atomic E-state index is 12.3. The number of likely N-dealkylation sites (tertiary alicyclic amines) is 1. The van der Waals surface area contributed by atoms with E-state index < -0.39 is 5.54 Å². The molecule has 0 aliphatic carbocycles. The minimum atomic E-state index is -0.641. The van der Waals surface area contributed by atoms with Gasteiger partial charge in [0.05, 0.1) is 6.61 Å². The van der Waals surface area contributed by atoms with Gasteiger partial charge in [-0.15, -0.1) is 0 Å². The molecule has 0 aromatic rings. The van der Waals surface area contributed by atoms with Gasteiger partial charge in [-0.25, -0.2) is 0 Å². The zero-order chi connectivity index (χ0) is 15.9. The molecule has 1 saturated heterocycles. The molecule has 5 heteroatoms. The van der Waals surface area contributed by atoms with Gasteiger partial charge in [-0.2, -0.15) is 0 Å². The highest BCUT2D eigenvalue weighted by Crippen LogP contribution is 2.20. The first-order valence-corrected chi connectivity index (χ1v) is 8.07. The second-order valence-electron chi connectivity index (χ2n) is 6.53. The van der Waals surface area contributed by atoms with Crippen molar-refractivity contribution < 1.29 is 14.3 Å². The first-order valence-electron chi connectivity index (χ1n) is 8.07. The van der Waals surface area contributed by atoms with E-state index in [4.69, 9.17) is 9.47 Å². The fourth-order valence-electron chi connectivity index (χ4n) is 3.09. The number of carbonyl (C=O) groups excluding carboxylic acids is 1. The summed E-state index contributed by atoms with van der Waals surface area (Å²) in [5.74, 6) is 0.496. The Balaban J connectivity index is 2.59. The van der Waals surface area contributed by atoms with E-state index in [0.29, 0.717) is 19.1 Å². The molecule has 124 valence electrons. The number of piperidine rings is 1. The summed E-state index contributed by atoms with van der Waals surface area (Å²) in [5, 5.41) is 3.38. The van der Waals surface area contributed by atoms with Crippen molar-refractivity contribution in [1.29, 1.82) is 0 Å². The second kappa shape index (κ2) is 8.71. The van der Waals surface area contributed by atoms with Crippen LogP contribution in [-0.2, 0) is 14.3 Å². The third kappa shape index (κ3) is 5.93. The summed E-state index contributed by atoms with van der Waals surface area (Å²) in [6, 6.07) is 0.241. The quantitative estimate of drug-likeness (QED) is 0.691. The number of carbonyl (C=O) groups is 1. The number of nitrogens with one attached hydrogen (secondary N) is 1. The molecule has 0 saturated carbocycles. The van der Waals surface area contributed by atoms with Gasteiger partial charge in [0.1, 0.15) is 5.54 Å². The zero-order valence-electron chi connectivity index (χ0n) is 14.3. The fraction of sp³-hybridized carbons (Fsp3) is 0.938. The third-order valence-electron chi connectivity index (χ3n) is 3.98. The predicted octanol–water partition coefficient (Wildman–Crippen LogP) is 1.66. The highest BCUT2D eigenvalue weighted by Gasteiger charge is 2.37. The zero-order valence-corrected chi connectivity index (χ0v) is 14.3. The van der Waals surface area contributed by atoms with Crippen LogP contribution in [0, 0.1) is 5.92 Å². The van der Waals surface area contributed by atoms with Crippen molar-refractivity contribution in [2.24, 2.45) is 5.92 Å². The van der Waals surface area contributed by atoms with Crippen LogP contribution in [0.25, 0.3) is 0 Å². The van der Waals surface area contributed by atoms with Crippen LogP contribution in [0.4, 0.5) is 0 Å². The number of hydrogen-bond donors (Lipinski definition) is 1. The molecule has 1 unspecified atom stereocenters. The van der Waals surface area contributed by atoms with Crippen molar-refractivity contribution in [2.45, 2.75) is 52.1 Å². The van der Waals surface area contributed by atoms with E-state index in [0.717, 1.165) is 32.5 Å². The number of ether oxygens (including phenoxy) is 2. The highest BCUT2D eigenvalue weighted by molar-refractivity contribution is 5.80. The van der Waals surface area contributed by atoms with Crippen molar-refractivity contribution in [3.63, 3.8) is 0 Å². The Morgan fingerprint density at radius 1 is 1.38 bits per heavy atom. The Morgan fingerprint density at radius 2 is 2.00 bits per heavy atom. The molecule has 1 aliphatic rings. The Morgan fingerprint density at radius 3 is 2.48 bits per heavy atom. The minimum absolute atomic E-state index is 0.155. The van der Waals surface area contributed by atoms with E-state index in [-0.39, 0.29) is 12.0 Å². The molecule has 0 bridgehead atoms. The normalized spacial score (nSPS) is 20.5. The summed E-state index contributed by atoms with van der Waals surface area (Å²) < 4.78 is 10.5. The van der Waals surface area contributed by atoms with Gasteiger partial charge < -0.3 is 14.4 Å². The van der Waals surface area contributed by atoms with Crippen LogP contribution < -0.4 is 5.32 Å². The first kappa shape index (κ1) is 18.4. The molecule has 1 atom stereocenters. The van der Waals surface area contributed by atoms with Crippen molar-refractivity contribution >= 4 is 5.97 Å². The van der Waals surface area contributed by atoms with Gasteiger partial charge in [0, 0.05) is 26.3 Å². The second-order valence-corrected chi connectivity index (χ2v) is 6.53. The lowest BCUT2D eigenvalue weighted by Crippen LogP contribution is -2.60. The maximum Gasteiger partial charge on any atom is 0.327 e. The molecule has 0 amide bonds. The molecule has 5 nitrogen and oxygen atoms in total. The summed E-state index contributed by atoms with van der Waals surface area (Å²) >= 11 is 0. The van der Waals surface area contributed by atoms with E-state index in [1.54, 1.807) is 7.11 Å². The van der Waals surface area contributed by atoms with Gasteiger partial charge >= 0.3 is 5.97 Å².